The van der Waals surface area contributed by atoms with Gasteiger partial charge in [-0.25, -0.2) is 9.18 Å². The number of hydrogen-bond acceptors (Lipinski definition) is 4. The Morgan fingerprint density at radius 2 is 1.69 bits per heavy atom. The van der Waals surface area contributed by atoms with Crippen LogP contribution in [0.25, 0.3) is 0 Å². The van der Waals surface area contributed by atoms with Gasteiger partial charge in [0.05, 0.1) is 23.9 Å². The van der Waals surface area contributed by atoms with Crippen molar-refractivity contribution in [1.29, 1.82) is 0 Å². The molecule has 188 valence electrons. The Hall–Kier alpha value is -3.72. The molecule has 3 aliphatic heterocycles. The Bertz CT molecular complexity index is 1180. The van der Waals surface area contributed by atoms with Gasteiger partial charge in [-0.3, -0.25) is 19.4 Å². The average molecular weight is 492 g/mol. The number of piperazine rings is 1. The zero-order valence-electron chi connectivity index (χ0n) is 20.3. The van der Waals surface area contributed by atoms with Crippen LogP contribution in [0.3, 0.4) is 0 Å². The van der Waals surface area contributed by atoms with Crippen molar-refractivity contribution in [2.45, 2.75) is 12.5 Å². The van der Waals surface area contributed by atoms with Gasteiger partial charge in [-0.15, -0.1) is 0 Å². The van der Waals surface area contributed by atoms with E-state index in [0.29, 0.717) is 29.9 Å². The molecule has 4 amide bonds. The van der Waals surface area contributed by atoms with Crippen LogP contribution in [0.1, 0.15) is 17.2 Å². The van der Waals surface area contributed by atoms with E-state index in [-0.39, 0.29) is 30.9 Å². The molecule has 5 rings (SSSR count). The minimum absolute atomic E-state index is 0.0337. The molecule has 1 unspecified atom stereocenters. The van der Waals surface area contributed by atoms with Gasteiger partial charge in [0.2, 0.25) is 5.91 Å². The molecule has 0 aliphatic carbocycles. The molecule has 3 heterocycles. The first-order chi connectivity index (χ1) is 17.4. The van der Waals surface area contributed by atoms with E-state index in [0.717, 1.165) is 26.1 Å². The molecule has 0 aromatic heterocycles. The van der Waals surface area contributed by atoms with Crippen LogP contribution in [0.15, 0.2) is 65.9 Å². The number of likely N-dealkylation sites (N-methyl/N-ethyl adjacent to an activating group) is 1. The lowest BCUT2D eigenvalue weighted by Crippen LogP contribution is -2.51. The summed E-state index contributed by atoms with van der Waals surface area (Å²) in [6, 6.07) is 15.1. The normalized spacial score (nSPS) is 20.6. The number of hydrogen-bond donors (Lipinski definition) is 1. The van der Waals surface area contributed by atoms with Crippen molar-refractivity contribution in [3.8, 4) is 0 Å². The highest BCUT2D eigenvalue weighted by Crippen LogP contribution is 2.35. The second kappa shape index (κ2) is 10.1. The summed E-state index contributed by atoms with van der Waals surface area (Å²) < 4.78 is 13.4. The molecule has 0 saturated carbocycles. The molecule has 3 aliphatic rings. The quantitative estimate of drug-likeness (QED) is 0.671. The topological polar surface area (TPSA) is 76.2 Å². The molecule has 1 saturated heterocycles. The number of nitrogens with one attached hydrogen (secondary N) is 1. The van der Waals surface area contributed by atoms with E-state index >= 15 is 0 Å². The highest BCUT2D eigenvalue weighted by molar-refractivity contribution is 6.02. The Morgan fingerprint density at radius 1 is 1.00 bits per heavy atom. The molecule has 1 N–H and O–H groups in total. The Morgan fingerprint density at radius 3 is 2.39 bits per heavy atom. The molecule has 9 heteroatoms. The maximum Gasteiger partial charge on any atom is 0.322 e. The van der Waals surface area contributed by atoms with Gasteiger partial charge in [0.1, 0.15) is 12.4 Å². The zero-order chi connectivity index (χ0) is 25.2. The lowest BCUT2D eigenvalue weighted by atomic mass is 9.96. The predicted molar refractivity (Wildman–Crippen MR) is 132 cm³/mol. The highest BCUT2D eigenvalue weighted by Gasteiger charge is 2.43. The molecule has 2 aromatic carbocycles. The van der Waals surface area contributed by atoms with Crippen molar-refractivity contribution in [2.24, 2.45) is 0 Å². The Balaban J connectivity index is 1.19. The van der Waals surface area contributed by atoms with Crippen LogP contribution in [0.2, 0.25) is 0 Å². The first kappa shape index (κ1) is 24.0. The summed E-state index contributed by atoms with van der Waals surface area (Å²) in [5.74, 6) is -0.760. The van der Waals surface area contributed by atoms with Crippen LogP contribution in [-0.4, -0.2) is 90.3 Å². The first-order valence-electron chi connectivity index (χ1n) is 12.3. The number of urea groups is 1. The standard InChI is InChI=1S/C27H30FN5O3/c1-30-22-17-33(26(35)24(22)25(29-27(30)36)20-7-9-21(28)10-8-20)18-23(34)32-15-13-31(14-16-32)12-11-19-5-3-2-4-6-19/h2-10,25H,11-18H2,1H3,(H,29,36). The Labute approximate surface area is 209 Å². The largest absolute Gasteiger partial charge is 0.339 e. The average Bonchev–Trinajstić information content (AvgIpc) is 3.22. The van der Waals surface area contributed by atoms with Gasteiger partial charge in [0.25, 0.3) is 5.91 Å². The number of benzene rings is 2. The van der Waals surface area contributed by atoms with Gasteiger partial charge < -0.3 is 15.1 Å². The third-order valence-corrected chi connectivity index (χ3v) is 7.25. The summed E-state index contributed by atoms with van der Waals surface area (Å²) in [5.41, 5.74) is 2.94. The molecule has 1 fully saturated rings. The number of nitrogens with zero attached hydrogens (tertiary/aromatic N) is 4. The fourth-order valence-electron chi connectivity index (χ4n) is 5.07. The van der Waals surface area contributed by atoms with E-state index in [9.17, 15) is 18.8 Å². The highest BCUT2D eigenvalue weighted by atomic mass is 19.1. The molecule has 0 radical (unpaired) electrons. The van der Waals surface area contributed by atoms with E-state index in [2.05, 4.69) is 22.3 Å². The van der Waals surface area contributed by atoms with Crippen LogP contribution in [0.5, 0.6) is 0 Å². The molecular formula is C27H30FN5O3. The number of halogens is 1. The fourth-order valence-corrected chi connectivity index (χ4v) is 5.07. The molecule has 0 bridgehead atoms. The number of amides is 4. The predicted octanol–water partition coefficient (Wildman–Crippen LogP) is 2.00. The number of rotatable bonds is 6. The van der Waals surface area contributed by atoms with Crippen LogP contribution < -0.4 is 5.32 Å². The SMILES string of the molecule is CN1C(=O)NC(c2ccc(F)cc2)C2=C1CN(CC(=O)N1CCN(CCc3ccccc3)CC1)C2=O. The minimum Gasteiger partial charge on any atom is -0.339 e. The van der Waals surface area contributed by atoms with E-state index in [4.69, 9.17) is 0 Å². The van der Waals surface area contributed by atoms with Crippen molar-refractivity contribution < 1.29 is 18.8 Å². The lowest BCUT2D eigenvalue weighted by Gasteiger charge is -2.35. The zero-order valence-corrected chi connectivity index (χ0v) is 20.3. The second-order valence-corrected chi connectivity index (χ2v) is 9.47. The van der Waals surface area contributed by atoms with Gasteiger partial charge in [-0.05, 0) is 29.7 Å². The summed E-state index contributed by atoms with van der Waals surface area (Å²) in [4.78, 5) is 46.1. The molecule has 0 spiro atoms. The third-order valence-electron chi connectivity index (χ3n) is 7.25. The maximum absolute atomic E-state index is 13.4. The van der Waals surface area contributed by atoms with Crippen LogP contribution >= 0.6 is 0 Å². The smallest absolute Gasteiger partial charge is 0.322 e. The molecule has 36 heavy (non-hydrogen) atoms. The van der Waals surface area contributed by atoms with Crippen molar-refractivity contribution in [1.82, 2.24) is 24.9 Å². The van der Waals surface area contributed by atoms with Crippen molar-refractivity contribution >= 4 is 17.8 Å². The summed E-state index contributed by atoms with van der Waals surface area (Å²) in [7, 11) is 1.61. The van der Waals surface area contributed by atoms with E-state index in [1.54, 1.807) is 19.2 Å². The summed E-state index contributed by atoms with van der Waals surface area (Å²) >= 11 is 0. The fraction of sp³-hybridized carbons (Fsp3) is 0.370. The van der Waals surface area contributed by atoms with Crippen LogP contribution in [0.4, 0.5) is 9.18 Å². The number of carbonyl (C=O) groups is 3. The molecular weight excluding hydrogens is 461 g/mol. The number of carbonyl (C=O) groups excluding carboxylic acids is 3. The van der Waals surface area contributed by atoms with Crippen molar-refractivity contribution in [2.75, 3.05) is 52.9 Å². The second-order valence-electron chi connectivity index (χ2n) is 9.47. The first-order valence-corrected chi connectivity index (χ1v) is 12.3. The van der Waals surface area contributed by atoms with Gasteiger partial charge in [0.15, 0.2) is 0 Å². The summed E-state index contributed by atoms with van der Waals surface area (Å²) in [6.07, 6.45) is 0.976. The third kappa shape index (κ3) is 4.83. The van der Waals surface area contributed by atoms with Gasteiger partial charge in [-0.1, -0.05) is 42.5 Å². The lowest BCUT2D eigenvalue weighted by molar-refractivity contribution is -0.138. The van der Waals surface area contributed by atoms with Gasteiger partial charge in [-0.2, -0.15) is 0 Å². The molecule has 2 aromatic rings. The van der Waals surface area contributed by atoms with Crippen LogP contribution in [0, 0.1) is 5.82 Å². The maximum atomic E-state index is 13.4. The van der Waals surface area contributed by atoms with E-state index < -0.39 is 11.9 Å². The van der Waals surface area contributed by atoms with E-state index in [1.807, 2.05) is 23.1 Å². The van der Waals surface area contributed by atoms with Crippen molar-refractivity contribution in [3.63, 3.8) is 0 Å². The summed E-state index contributed by atoms with van der Waals surface area (Å²) in [5, 5.41) is 2.83. The molecule has 8 nitrogen and oxygen atoms in total. The monoisotopic (exact) mass is 491 g/mol. The summed E-state index contributed by atoms with van der Waals surface area (Å²) in [6.45, 7) is 3.96. The van der Waals surface area contributed by atoms with Crippen LogP contribution in [-0.2, 0) is 16.0 Å². The molecule has 1 atom stereocenters. The van der Waals surface area contributed by atoms with Crippen molar-refractivity contribution in [3.05, 3.63) is 82.8 Å². The van der Waals surface area contributed by atoms with Gasteiger partial charge in [0, 0.05) is 39.8 Å². The Kier molecular flexibility index (Phi) is 6.73. The van der Waals surface area contributed by atoms with Gasteiger partial charge >= 0.3 is 6.03 Å². The van der Waals surface area contributed by atoms with E-state index in [1.165, 1.54) is 27.5 Å². The minimum atomic E-state index is -0.676.